The summed E-state index contributed by atoms with van der Waals surface area (Å²) >= 11 is 5.68. The molecule has 0 saturated carbocycles. The lowest BCUT2D eigenvalue weighted by Gasteiger charge is -2.34. The van der Waals surface area contributed by atoms with Crippen molar-refractivity contribution in [1.82, 2.24) is 29.1 Å². The molecule has 1 aliphatic rings. The second-order valence-corrected chi connectivity index (χ2v) is 7.73. The van der Waals surface area contributed by atoms with Crippen molar-refractivity contribution in [2.24, 2.45) is 0 Å². The molecule has 1 saturated heterocycles. The first-order valence-corrected chi connectivity index (χ1v) is 10.7. The predicted molar refractivity (Wildman–Crippen MR) is 120 cm³/mol. The molecule has 4 rings (SSSR count). The largest absolute Gasteiger partial charge is 0.497 e. The third-order valence-electron chi connectivity index (χ3n) is 5.51. The van der Waals surface area contributed by atoms with E-state index >= 15 is 0 Å². The van der Waals surface area contributed by atoms with Crippen molar-refractivity contribution in [3.05, 3.63) is 59.1 Å². The summed E-state index contributed by atoms with van der Waals surface area (Å²) in [5, 5.41) is 4.78. The number of carbonyl (C=O) groups excluding carboxylic acids is 1. The van der Waals surface area contributed by atoms with Crippen LogP contribution in [0, 0.1) is 4.77 Å². The average Bonchev–Trinajstić information content (AvgIpc) is 3.14. The van der Waals surface area contributed by atoms with Gasteiger partial charge in [0.1, 0.15) is 5.75 Å². The topological polar surface area (TPSA) is 68.4 Å². The smallest absolute Gasteiger partial charge is 0.253 e. The summed E-state index contributed by atoms with van der Waals surface area (Å²) in [6.45, 7) is 6.30. The molecule has 8 nitrogen and oxygen atoms in total. The molecule has 0 atom stereocenters. The molecule has 0 spiro atoms. The first-order chi connectivity index (χ1) is 15.1. The number of carbonyl (C=O) groups is 1. The minimum absolute atomic E-state index is 0.0501. The van der Waals surface area contributed by atoms with Gasteiger partial charge in [-0.1, -0.05) is 0 Å². The number of hydrogen-bond donors (Lipinski definition) is 0. The van der Waals surface area contributed by atoms with E-state index in [1.54, 1.807) is 19.5 Å². The second kappa shape index (κ2) is 9.40. The summed E-state index contributed by atoms with van der Waals surface area (Å²) in [4.78, 5) is 21.0. The van der Waals surface area contributed by atoms with Crippen LogP contribution in [0.1, 0.15) is 17.3 Å². The minimum Gasteiger partial charge on any atom is -0.497 e. The van der Waals surface area contributed by atoms with Crippen molar-refractivity contribution in [3.63, 3.8) is 0 Å². The van der Waals surface area contributed by atoms with Gasteiger partial charge in [-0.25, -0.2) is 4.68 Å². The normalized spacial score (nSPS) is 14.6. The number of hydrogen-bond acceptors (Lipinski definition) is 6. The van der Waals surface area contributed by atoms with E-state index in [2.05, 4.69) is 16.8 Å². The Labute approximate surface area is 186 Å². The maximum absolute atomic E-state index is 12.8. The van der Waals surface area contributed by atoms with Crippen LogP contribution >= 0.6 is 12.2 Å². The van der Waals surface area contributed by atoms with Crippen LogP contribution in [0.25, 0.3) is 11.4 Å². The molecule has 9 heteroatoms. The van der Waals surface area contributed by atoms with Crippen LogP contribution in [0.5, 0.6) is 5.75 Å². The number of pyridine rings is 1. The van der Waals surface area contributed by atoms with Crippen LogP contribution in [0.2, 0.25) is 0 Å². The number of nitrogens with zero attached hydrogens (tertiary/aromatic N) is 6. The molecule has 0 bridgehead atoms. The van der Waals surface area contributed by atoms with Gasteiger partial charge in [-0.2, -0.15) is 5.10 Å². The lowest BCUT2D eigenvalue weighted by Crippen LogP contribution is -2.49. The fourth-order valence-corrected chi connectivity index (χ4v) is 4.04. The Morgan fingerprint density at radius 1 is 1.06 bits per heavy atom. The molecule has 0 unspecified atom stereocenters. The molecule has 0 aliphatic carbocycles. The highest BCUT2D eigenvalue weighted by molar-refractivity contribution is 7.71. The zero-order valence-corrected chi connectivity index (χ0v) is 18.6. The molecule has 0 radical (unpaired) electrons. The molecule has 2 aromatic heterocycles. The zero-order valence-electron chi connectivity index (χ0n) is 17.8. The number of ether oxygens (including phenoxy) is 1. The lowest BCUT2D eigenvalue weighted by molar-refractivity contribution is 0.0585. The summed E-state index contributed by atoms with van der Waals surface area (Å²) in [5.74, 6) is 1.65. The molecule has 1 amide bonds. The highest BCUT2D eigenvalue weighted by Gasteiger charge is 2.23. The predicted octanol–water partition coefficient (Wildman–Crippen LogP) is 2.92. The van der Waals surface area contributed by atoms with Crippen LogP contribution in [0.3, 0.4) is 0 Å². The number of amides is 1. The first-order valence-electron chi connectivity index (χ1n) is 10.3. The SMILES string of the molecule is CCn1c(-c2ccncc2)nn(CN2CCN(C(=O)c3ccc(OC)cc3)CC2)c1=S. The zero-order chi connectivity index (χ0) is 21.8. The minimum atomic E-state index is 0.0501. The van der Waals surface area contributed by atoms with Gasteiger partial charge in [0.25, 0.3) is 5.91 Å². The quantitative estimate of drug-likeness (QED) is 0.552. The van der Waals surface area contributed by atoms with Crippen LogP contribution in [0.15, 0.2) is 48.8 Å². The highest BCUT2D eigenvalue weighted by Crippen LogP contribution is 2.18. The van der Waals surface area contributed by atoms with E-state index in [0.717, 1.165) is 36.8 Å². The maximum Gasteiger partial charge on any atom is 0.253 e. The molecular weight excluding hydrogens is 412 g/mol. The number of benzene rings is 1. The van der Waals surface area contributed by atoms with Gasteiger partial charge in [0, 0.05) is 56.2 Å². The van der Waals surface area contributed by atoms with E-state index in [1.807, 2.05) is 50.5 Å². The number of aromatic nitrogens is 4. The van der Waals surface area contributed by atoms with Crippen LogP contribution in [0.4, 0.5) is 0 Å². The number of methoxy groups -OCH3 is 1. The molecule has 0 N–H and O–H groups in total. The van der Waals surface area contributed by atoms with Gasteiger partial charge in [0.2, 0.25) is 0 Å². The van der Waals surface area contributed by atoms with E-state index in [-0.39, 0.29) is 5.91 Å². The Morgan fingerprint density at radius 2 is 1.74 bits per heavy atom. The lowest BCUT2D eigenvalue weighted by atomic mass is 10.1. The summed E-state index contributed by atoms with van der Waals surface area (Å²) in [6, 6.07) is 11.1. The van der Waals surface area contributed by atoms with E-state index in [1.165, 1.54) is 0 Å². The molecule has 162 valence electrons. The summed E-state index contributed by atoms with van der Waals surface area (Å²) in [6.07, 6.45) is 3.52. The third kappa shape index (κ3) is 4.52. The van der Waals surface area contributed by atoms with Gasteiger partial charge in [-0.05, 0) is 55.5 Å². The van der Waals surface area contributed by atoms with Crippen LogP contribution < -0.4 is 4.74 Å². The molecule has 1 aliphatic heterocycles. The summed E-state index contributed by atoms with van der Waals surface area (Å²) in [5.41, 5.74) is 1.68. The Hall–Kier alpha value is -3.04. The van der Waals surface area contributed by atoms with Crippen molar-refractivity contribution >= 4 is 18.1 Å². The fourth-order valence-electron chi connectivity index (χ4n) is 3.73. The third-order valence-corrected chi connectivity index (χ3v) is 5.94. The van der Waals surface area contributed by atoms with Crippen molar-refractivity contribution in [3.8, 4) is 17.1 Å². The van der Waals surface area contributed by atoms with Crippen molar-refractivity contribution in [2.75, 3.05) is 33.3 Å². The fraction of sp³-hybridized carbons (Fsp3) is 0.364. The summed E-state index contributed by atoms with van der Waals surface area (Å²) in [7, 11) is 1.62. The molecule has 31 heavy (non-hydrogen) atoms. The maximum atomic E-state index is 12.8. The van der Waals surface area contributed by atoms with Crippen molar-refractivity contribution in [1.29, 1.82) is 0 Å². The van der Waals surface area contributed by atoms with E-state index in [0.29, 0.717) is 30.1 Å². The molecule has 1 aromatic carbocycles. The van der Waals surface area contributed by atoms with E-state index in [4.69, 9.17) is 22.1 Å². The van der Waals surface area contributed by atoms with Crippen LogP contribution in [-0.2, 0) is 13.2 Å². The van der Waals surface area contributed by atoms with Crippen molar-refractivity contribution < 1.29 is 9.53 Å². The van der Waals surface area contributed by atoms with Gasteiger partial charge in [0.15, 0.2) is 10.6 Å². The number of rotatable bonds is 6. The Balaban J connectivity index is 1.41. The highest BCUT2D eigenvalue weighted by atomic mass is 32.1. The van der Waals surface area contributed by atoms with Crippen LogP contribution in [-0.4, -0.2) is 68.3 Å². The van der Waals surface area contributed by atoms with Gasteiger partial charge in [-0.15, -0.1) is 0 Å². The Bertz CT molecular complexity index is 1090. The second-order valence-electron chi connectivity index (χ2n) is 7.37. The molecule has 3 heterocycles. The van der Waals surface area contributed by atoms with Gasteiger partial charge in [-0.3, -0.25) is 14.7 Å². The van der Waals surface area contributed by atoms with Gasteiger partial charge < -0.3 is 14.2 Å². The standard InChI is InChI=1S/C22H26N6O2S/c1-3-27-20(17-8-10-23-11-9-17)24-28(22(27)31)16-25-12-14-26(15-13-25)21(29)18-4-6-19(30-2)7-5-18/h4-11H,3,12-16H2,1-2H3. The van der Waals surface area contributed by atoms with Crippen molar-refractivity contribution in [2.45, 2.75) is 20.1 Å². The van der Waals surface area contributed by atoms with Gasteiger partial charge in [0.05, 0.1) is 13.8 Å². The monoisotopic (exact) mass is 438 g/mol. The van der Waals surface area contributed by atoms with E-state index < -0.39 is 0 Å². The summed E-state index contributed by atoms with van der Waals surface area (Å²) < 4.78 is 9.77. The Kier molecular flexibility index (Phi) is 6.43. The molecule has 1 fully saturated rings. The van der Waals surface area contributed by atoms with E-state index in [9.17, 15) is 4.79 Å². The molecular formula is C22H26N6O2S. The first kappa shape index (κ1) is 21.2. The Morgan fingerprint density at radius 3 is 2.35 bits per heavy atom. The van der Waals surface area contributed by atoms with Gasteiger partial charge >= 0.3 is 0 Å². The molecule has 3 aromatic rings. The average molecular weight is 439 g/mol. The number of piperazine rings is 1.